The minimum atomic E-state index is 0.550. The summed E-state index contributed by atoms with van der Waals surface area (Å²) in [4.78, 5) is 2.55. The second-order valence-electron chi connectivity index (χ2n) is 5.64. The molecule has 1 unspecified atom stereocenters. The van der Waals surface area contributed by atoms with Crippen LogP contribution in [0.2, 0.25) is 0 Å². The van der Waals surface area contributed by atoms with E-state index in [9.17, 15) is 0 Å². The van der Waals surface area contributed by atoms with Crippen molar-refractivity contribution in [1.82, 2.24) is 9.58 Å². The average Bonchev–Trinajstić information content (AvgIpc) is 2.70. The van der Waals surface area contributed by atoms with Gasteiger partial charge in [0.25, 0.3) is 0 Å². The third-order valence-electron chi connectivity index (χ3n) is 4.39. The van der Waals surface area contributed by atoms with Crippen LogP contribution >= 0.6 is 0 Å². The minimum absolute atomic E-state index is 0.550. The van der Waals surface area contributed by atoms with Crippen molar-refractivity contribution < 1.29 is 0 Å². The van der Waals surface area contributed by atoms with E-state index in [1.54, 1.807) is 0 Å². The molecular formula is C15H27N3. The van der Waals surface area contributed by atoms with E-state index in [4.69, 9.17) is 0 Å². The van der Waals surface area contributed by atoms with Gasteiger partial charge in [-0.1, -0.05) is 6.92 Å². The van der Waals surface area contributed by atoms with Crippen molar-refractivity contribution in [2.75, 3.05) is 25.1 Å². The molecule has 0 spiro atoms. The number of nitrogens with zero attached hydrogens (tertiary/aromatic N) is 2. The largest absolute Gasteiger partial charge is 0.323 e. The first-order valence-electron chi connectivity index (χ1n) is 7.25. The van der Waals surface area contributed by atoms with Gasteiger partial charge in [0.15, 0.2) is 0 Å². The van der Waals surface area contributed by atoms with Crippen molar-refractivity contribution in [3.8, 4) is 0 Å². The lowest BCUT2D eigenvalue weighted by molar-refractivity contribution is 0.180. The highest BCUT2D eigenvalue weighted by atomic mass is 15.4. The Morgan fingerprint density at radius 1 is 1.22 bits per heavy atom. The van der Waals surface area contributed by atoms with Crippen LogP contribution in [0.15, 0.2) is 12.1 Å². The molecule has 3 nitrogen and oxygen atoms in total. The highest BCUT2D eigenvalue weighted by molar-refractivity contribution is 5.16. The Bertz CT molecular complexity index is 356. The first kappa shape index (κ1) is 13.5. The molecule has 1 aliphatic heterocycles. The molecule has 1 atom stereocenters. The van der Waals surface area contributed by atoms with Crippen LogP contribution in [0.1, 0.15) is 38.1 Å². The van der Waals surface area contributed by atoms with Gasteiger partial charge in [0.1, 0.15) is 0 Å². The lowest BCUT2D eigenvalue weighted by atomic mass is 9.91. The zero-order chi connectivity index (χ0) is 13.1. The molecule has 18 heavy (non-hydrogen) atoms. The molecule has 1 aromatic rings. The fourth-order valence-electron chi connectivity index (χ4n) is 2.95. The summed E-state index contributed by atoms with van der Waals surface area (Å²) in [7, 11) is 0. The van der Waals surface area contributed by atoms with Crippen molar-refractivity contribution in [2.24, 2.45) is 5.92 Å². The van der Waals surface area contributed by atoms with E-state index in [1.807, 2.05) is 0 Å². The van der Waals surface area contributed by atoms with E-state index in [-0.39, 0.29) is 0 Å². The summed E-state index contributed by atoms with van der Waals surface area (Å²) in [6.07, 6.45) is 2.64. The van der Waals surface area contributed by atoms with Crippen molar-refractivity contribution >= 4 is 0 Å². The number of piperidine rings is 1. The number of nitrogens with one attached hydrogen (secondary N) is 1. The number of likely N-dealkylation sites (tertiary alicyclic amines) is 1. The third kappa shape index (κ3) is 2.89. The topological polar surface area (TPSA) is 20.2 Å². The van der Waals surface area contributed by atoms with Gasteiger partial charge in [-0.2, -0.15) is 0 Å². The molecule has 0 radical (unpaired) electrons. The molecule has 1 fully saturated rings. The van der Waals surface area contributed by atoms with Crippen LogP contribution in [0, 0.1) is 19.8 Å². The van der Waals surface area contributed by atoms with Crippen LogP contribution in [0.5, 0.6) is 0 Å². The predicted octanol–water partition coefficient (Wildman–Crippen LogP) is 2.77. The van der Waals surface area contributed by atoms with Gasteiger partial charge in [-0.25, -0.2) is 0 Å². The van der Waals surface area contributed by atoms with Gasteiger partial charge in [-0.3, -0.25) is 4.68 Å². The lowest BCUT2D eigenvalue weighted by Crippen LogP contribution is -2.41. The summed E-state index contributed by atoms with van der Waals surface area (Å²) in [6.45, 7) is 12.6. The van der Waals surface area contributed by atoms with Crippen molar-refractivity contribution in [1.29, 1.82) is 0 Å². The van der Waals surface area contributed by atoms with Crippen LogP contribution in [-0.4, -0.2) is 35.3 Å². The fraction of sp³-hybridized carbons (Fsp3) is 0.733. The normalized spacial score (nSPS) is 20.0. The summed E-state index contributed by atoms with van der Waals surface area (Å²) < 4.78 is 2.23. The van der Waals surface area contributed by atoms with Gasteiger partial charge in [-0.05, 0) is 71.3 Å². The van der Waals surface area contributed by atoms with Crippen molar-refractivity contribution in [2.45, 2.75) is 46.6 Å². The fourth-order valence-corrected chi connectivity index (χ4v) is 2.95. The predicted molar refractivity (Wildman–Crippen MR) is 77.6 cm³/mol. The van der Waals surface area contributed by atoms with E-state index in [1.165, 1.54) is 43.9 Å². The maximum absolute atomic E-state index is 3.66. The summed E-state index contributed by atoms with van der Waals surface area (Å²) in [6, 6.07) is 4.90. The molecule has 3 heteroatoms. The molecule has 0 aromatic carbocycles. The molecule has 102 valence electrons. The zero-order valence-corrected chi connectivity index (χ0v) is 12.2. The smallest absolute Gasteiger partial charge is 0.0425 e. The third-order valence-corrected chi connectivity index (χ3v) is 4.39. The van der Waals surface area contributed by atoms with E-state index in [0.717, 1.165) is 5.92 Å². The van der Waals surface area contributed by atoms with E-state index in [0.29, 0.717) is 6.04 Å². The number of hydrogen-bond acceptors (Lipinski definition) is 2. The summed E-state index contributed by atoms with van der Waals surface area (Å²) >= 11 is 0. The maximum Gasteiger partial charge on any atom is 0.0425 e. The lowest BCUT2D eigenvalue weighted by Gasteiger charge is -2.35. The Balaban J connectivity index is 1.91. The van der Waals surface area contributed by atoms with Crippen LogP contribution in [0.4, 0.5) is 0 Å². The number of hydrogen-bond donors (Lipinski definition) is 1. The molecule has 0 aliphatic carbocycles. The summed E-state index contributed by atoms with van der Waals surface area (Å²) in [5.74, 6) is 0.800. The molecule has 2 rings (SSSR count). The molecule has 0 saturated carbocycles. The highest BCUT2D eigenvalue weighted by Crippen LogP contribution is 2.21. The standard InChI is InChI=1S/C15H27N3/c1-5-17-10-8-15(9-11-17)14(4)16-18-12(2)6-7-13(18)3/h6-7,14-16H,5,8-11H2,1-4H3. The Morgan fingerprint density at radius 2 is 1.78 bits per heavy atom. The second-order valence-corrected chi connectivity index (χ2v) is 5.64. The Hall–Kier alpha value is -0.960. The summed E-state index contributed by atoms with van der Waals surface area (Å²) in [5.41, 5.74) is 6.25. The van der Waals surface area contributed by atoms with Crippen molar-refractivity contribution in [3.63, 3.8) is 0 Å². The van der Waals surface area contributed by atoms with Crippen LogP contribution in [0.25, 0.3) is 0 Å². The van der Waals surface area contributed by atoms with Gasteiger partial charge in [-0.15, -0.1) is 0 Å². The molecule has 1 aromatic heterocycles. The molecule has 1 N–H and O–H groups in total. The van der Waals surface area contributed by atoms with E-state index >= 15 is 0 Å². The van der Waals surface area contributed by atoms with Crippen LogP contribution in [0.3, 0.4) is 0 Å². The maximum atomic E-state index is 3.66. The molecule has 1 saturated heterocycles. The molecule has 1 aliphatic rings. The first-order chi connectivity index (χ1) is 8.61. The van der Waals surface area contributed by atoms with E-state index in [2.05, 4.69) is 54.8 Å². The van der Waals surface area contributed by atoms with Crippen LogP contribution < -0.4 is 5.43 Å². The number of aryl methyl sites for hydroxylation is 2. The van der Waals surface area contributed by atoms with E-state index < -0.39 is 0 Å². The van der Waals surface area contributed by atoms with Gasteiger partial charge < -0.3 is 10.3 Å². The number of aromatic nitrogens is 1. The second kappa shape index (κ2) is 5.79. The van der Waals surface area contributed by atoms with Gasteiger partial charge >= 0.3 is 0 Å². The molecular weight excluding hydrogens is 222 g/mol. The SMILES string of the molecule is CCN1CCC(C(C)Nn2c(C)ccc2C)CC1. The van der Waals surface area contributed by atoms with Gasteiger partial charge in [0.05, 0.1) is 0 Å². The molecule has 0 bridgehead atoms. The van der Waals surface area contributed by atoms with Crippen molar-refractivity contribution in [3.05, 3.63) is 23.5 Å². The Kier molecular flexibility index (Phi) is 4.33. The van der Waals surface area contributed by atoms with Gasteiger partial charge in [0, 0.05) is 17.4 Å². The zero-order valence-electron chi connectivity index (χ0n) is 12.2. The highest BCUT2D eigenvalue weighted by Gasteiger charge is 2.23. The Labute approximate surface area is 111 Å². The minimum Gasteiger partial charge on any atom is -0.323 e. The monoisotopic (exact) mass is 249 g/mol. The Morgan fingerprint density at radius 3 is 2.28 bits per heavy atom. The first-order valence-corrected chi connectivity index (χ1v) is 7.25. The molecule has 0 amide bonds. The quantitative estimate of drug-likeness (QED) is 0.885. The number of rotatable bonds is 4. The average molecular weight is 249 g/mol. The van der Waals surface area contributed by atoms with Gasteiger partial charge in [0.2, 0.25) is 0 Å². The van der Waals surface area contributed by atoms with Crippen LogP contribution in [-0.2, 0) is 0 Å². The summed E-state index contributed by atoms with van der Waals surface area (Å²) in [5, 5.41) is 0. The molecule has 2 heterocycles.